The molecule has 2 N–H and O–H groups in total. The van der Waals surface area contributed by atoms with Gasteiger partial charge in [0.25, 0.3) is 0 Å². The first-order valence-corrected chi connectivity index (χ1v) is 18.5. The SMILES string of the molecule is CCCCCC/C=C/CCCCCCCCCC(=O)O[C@H](COC(=O)CCCCCCCCCCC)COP(=O)(O)O. The van der Waals surface area contributed by atoms with Gasteiger partial charge in [-0.05, 0) is 38.5 Å². The van der Waals surface area contributed by atoms with Gasteiger partial charge in [0.1, 0.15) is 6.61 Å². The predicted molar refractivity (Wildman–Crippen MR) is 170 cm³/mol. The number of ether oxygens (including phenoxy) is 2. The van der Waals surface area contributed by atoms with E-state index in [0.29, 0.717) is 6.42 Å². The molecule has 0 aromatic carbocycles. The lowest BCUT2D eigenvalue weighted by Gasteiger charge is -2.18. The van der Waals surface area contributed by atoms with Crippen molar-refractivity contribution in [2.75, 3.05) is 13.2 Å². The third-order valence-corrected chi connectivity index (χ3v) is 7.77. The van der Waals surface area contributed by atoms with Gasteiger partial charge in [-0.15, -0.1) is 0 Å². The van der Waals surface area contributed by atoms with Crippen molar-refractivity contribution in [1.82, 2.24) is 0 Å². The standard InChI is InChI=1S/C33H63O8P/c1-3-5-7-9-11-13-14-15-16-17-18-20-22-24-26-28-33(35)41-31(30-40-42(36,37)38)29-39-32(34)27-25-23-21-19-12-10-8-6-4-2/h13-14,31H,3-12,15-30H2,1-2H3,(H2,36,37,38)/b14-13+/t31-/m1/s1. The van der Waals surface area contributed by atoms with Crippen molar-refractivity contribution in [3.05, 3.63) is 12.2 Å². The Balaban J connectivity index is 3.99. The highest BCUT2D eigenvalue weighted by Gasteiger charge is 2.22. The first kappa shape index (κ1) is 40.8. The van der Waals surface area contributed by atoms with E-state index in [4.69, 9.17) is 19.3 Å². The van der Waals surface area contributed by atoms with Gasteiger partial charge in [-0.25, -0.2) is 4.57 Å². The number of carbonyl (C=O) groups is 2. The van der Waals surface area contributed by atoms with E-state index in [1.807, 2.05) is 0 Å². The number of rotatable bonds is 31. The van der Waals surface area contributed by atoms with Crippen LogP contribution in [0, 0.1) is 0 Å². The largest absolute Gasteiger partial charge is 0.469 e. The summed E-state index contributed by atoms with van der Waals surface area (Å²) in [6, 6.07) is 0. The topological polar surface area (TPSA) is 119 Å². The Kier molecular flexibility index (Phi) is 29.0. The average molecular weight is 619 g/mol. The van der Waals surface area contributed by atoms with Crippen molar-refractivity contribution in [3.8, 4) is 0 Å². The van der Waals surface area contributed by atoms with Crippen LogP contribution in [0.3, 0.4) is 0 Å². The van der Waals surface area contributed by atoms with E-state index >= 15 is 0 Å². The van der Waals surface area contributed by atoms with Crippen LogP contribution in [-0.2, 0) is 28.2 Å². The second-order valence-electron chi connectivity index (χ2n) is 11.5. The average Bonchev–Trinajstić information content (AvgIpc) is 2.95. The number of esters is 2. The molecule has 0 aromatic rings. The molecule has 0 saturated heterocycles. The van der Waals surface area contributed by atoms with Gasteiger partial charge < -0.3 is 19.3 Å². The lowest BCUT2D eigenvalue weighted by atomic mass is 10.1. The van der Waals surface area contributed by atoms with Crippen LogP contribution in [0.1, 0.15) is 168 Å². The van der Waals surface area contributed by atoms with Gasteiger partial charge in [0.05, 0.1) is 6.61 Å². The second kappa shape index (κ2) is 29.8. The molecular weight excluding hydrogens is 555 g/mol. The van der Waals surface area contributed by atoms with Crippen LogP contribution in [0.25, 0.3) is 0 Å². The quantitative estimate of drug-likeness (QED) is 0.0341. The van der Waals surface area contributed by atoms with Gasteiger partial charge >= 0.3 is 19.8 Å². The third kappa shape index (κ3) is 31.7. The first-order chi connectivity index (χ1) is 20.3. The summed E-state index contributed by atoms with van der Waals surface area (Å²) >= 11 is 0. The maximum Gasteiger partial charge on any atom is 0.469 e. The molecule has 0 radical (unpaired) electrons. The van der Waals surface area contributed by atoms with Gasteiger partial charge in [0, 0.05) is 12.8 Å². The molecule has 0 aromatic heterocycles. The molecule has 8 nitrogen and oxygen atoms in total. The van der Waals surface area contributed by atoms with E-state index in [9.17, 15) is 14.2 Å². The molecule has 0 unspecified atom stereocenters. The number of phosphoric ester groups is 1. The zero-order valence-corrected chi connectivity index (χ0v) is 27.8. The first-order valence-electron chi connectivity index (χ1n) is 17.0. The highest BCUT2D eigenvalue weighted by atomic mass is 31.2. The van der Waals surface area contributed by atoms with E-state index in [1.165, 1.54) is 89.9 Å². The maximum atomic E-state index is 12.3. The van der Waals surface area contributed by atoms with Gasteiger partial charge in [-0.2, -0.15) is 0 Å². The van der Waals surface area contributed by atoms with Crippen LogP contribution >= 0.6 is 7.82 Å². The Morgan fingerprint density at radius 1 is 0.595 bits per heavy atom. The van der Waals surface area contributed by atoms with Crippen LogP contribution in [0.5, 0.6) is 0 Å². The minimum absolute atomic E-state index is 0.210. The Hall–Kier alpha value is -1.21. The Morgan fingerprint density at radius 3 is 1.48 bits per heavy atom. The molecule has 1 atom stereocenters. The lowest BCUT2D eigenvalue weighted by Crippen LogP contribution is -2.29. The number of allylic oxidation sites excluding steroid dienone is 2. The van der Waals surface area contributed by atoms with Crippen molar-refractivity contribution in [3.63, 3.8) is 0 Å². The van der Waals surface area contributed by atoms with Crippen molar-refractivity contribution in [2.45, 2.75) is 174 Å². The molecule has 0 aliphatic carbocycles. The van der Waals surface area contributed by atoms with Gasteiger partial charge in [0.2, 0.25) is 0 Å². The zero-order valence-electron chi connectivity index (χ0n) is 26.9. The summed E-state index contributed by atoms with van der Waals surface area (Å²) in [5.41, 5.74) is 0. The van der Waals surface area contributed by atoms with Crippen molar-refractivity contribution in [1.29, 1.82) is 0 Å². The van der Waals surface area contributed by atoms with Crippen molar-refractivity contribution >= 4 is 19.8 Å². The van der Waals surface area contributed by atoms with Crippen molar-refractivity contribution in [2.24, 2.45) is 0 Å². The van der Waals surface area contributed by atoms with Crippen LogP contribution in [0.4, 0.5) is 0 Å². The number of carbonyl (C=O) groups excluding carboxylic acids is 2. The van der Waals surface area contributed by atoms with Gasteiger partial charge in [-0.3, -0.25) is 14.1 Å². The van der Waals surface area contributed by atoms with Crippen LogP contribution < -0.4 is 0 Å². The number of phosphoric acid groups is 1. The highest BCUT2D eigenvalue weighted by Crippen LogP contribution is 2.35. The Bertz CT molecular complexity index is 706. The number of hydrogen-bond acceptors (Lipinski definition) is 6. The fourth-order valence-electron chi connectivity index (χ4n) is 4.72. The van der Waals surface area contributed by atoms with E-state index in [2.05, 4.69) is 30.5 Å². The van der Waals surface area contributed by atoms with Gasteiger partial charge in [0.15, 0.2) is 6.10 Å². The Labute approximate surface area is 257 Å². The number of unbranched alkanes of at least 4 members (excludes halogenated alkanes) is 19. The molecule has 9 heteroatoms. The molecule has 248 valence electrons. The van der Waals surface area contributed by atoms with E-state index in [-0.39, 0.29) is 19.4 Å². The monoisotopic (exact) mass is 618 g/mol. The zero-order chi connectivity index (χ0) is 31.2. The summed E-state index contributed by atoms with van der Waals surface area (Å²) in [4.78, 5) is 42.4. The molecule has 0 bridgehead atoms. The Morgan fingerprint density at radius 2 is 1.00 bits per heavy atom. The molecule has 0 heterocycles. The summed E-state index contributed by atoms with van der Waals surface area (Å²) in [7, 11) is -4.74. The lowest BCUT2D eigenvalue weighted by molar-refractivity contribution is -0.161. The molecule has 0 aliphatic heterocycles. The maximum absolute atomic E-state index is 12.3. The molecule has 0 spiro atoms. The van der Waals surface area contributed by atoms with Crippen LogP contribution in [-0.4, -0.2) is 41.0 Å². The van der Waals surface area contributed by atoms with E-state index in [1.54, 1.807) is 0 Å². The fraction of sp³-hybridized carbons (Fsp3) is 0.879. The molecule has 0 aliphatic rings. The molecule has 0 amide bonds. The molecule has 42 heavy (non-hydrogen) atoms. The minimum atomic E-state index is -4.74. The predicted octanol–water partition coefficient (Wildman–Crippen LogP) is 9.51. The minimum Gasteiger partial charge on any atom is -0.462 e. The molecular formula is C33H63O8P. The molecule has 0 rings (SSSR count). The summed E-state index contributed by atoms with van der Waals surface area (Å²) < 4.78 is 26.2. The highest BCUT2D eigenvalue weighted by molar-refractivity contribution is 7.46. The van der Waals surface area contributed by atoms with E-state index in [0.717, 1.165) is 44.9 Å². The summed E-state index contributed by atoms with van der Waals surface area (Å²) in [6.45, 7) is 3.63. The summed E-state index contributed by atoms with van der Waals surface area (Å²) in [5.74, 6) is -0.889. The summed E-state index contributed by atoms with van der Waals surface area (Å²) in [5, 5.41) is 0. The fourth-order valence-corrected chi connectivity index (χ4v) is 5.08. The van der Waals surface area contributed by atoms with Gasteiger partial charge in [-0.1, -0.05) is 129 Å². The second-order valence-corrected chi connectivity index (χ2v) is 12.7. The van der Waals surface area contributed by atoms with Crippen molar-refractivity contribution < 1.29 is 37.9 Å². The third-order valence-electron chi connectivity index (χ3n) is 7.28. The molecule has 0 saturated carbocycles. The van der Waals surface area contributed by atoms with Crippen LogP contribution in [0.2, 0.25) is 0 Å². The summed E-state index contributed by atoms with van der Waals surface area (Å²) in [6.07, 6.45) is 29.4. The van der Waals surface area contributed by atoms with Crippen LogP contribution in [0.15, 0.2) is 12.2 Å². The van der Waals surface area contributed by atoms with E-state index < -0.39 is 32.5 Å². The smallest absolute Gasteiger partial charge is 0.462 e. The normalized spacial score (nSPS) is 12.6. The number of hydrogen-bond donors (Lipinski definition) is 2. The molecule has 0 fully saturated rings.